The Kier molecular flexibility index (Phi) is 6.12. The fraction of sp³-hybridized carbons (Fsp3) is 0.190. The molecule has 0 aliphatic rings. The van der Waals surface area contributed by atoms with Crippen molar-refractivity contribution in [3.8, 4) is 0 Å². The third-order valence-corrected chi connectivity index (χ3v) is 5.00. The van der Waals surface area contributed by atoms with Crippen LogP contribution in [0.5, 0.6) is 0 Å². The summed E-state index contributed by atoms with van der Waals surface area (Å²) in [6.07, 6.45) is 1.57. The number of primary amides is 1. The van der Waals surface area contributed by atoms with E-state index >= 15 is 0 Å². The maximum atomic E-state index is 14.0. The molecule has 0 aliphatic heterocycles. The first-order chi connectivity index (χ1) is 13.8. The third-order valence-electron chi connectivity index (χ3n) is 4.42. The van der Waals surface area contributed by atoms with Crippen molar-refractivity contribution in [1.29, 1.82) is 0 Å². The molecule has 0 atom stereocenters. The molecule has 0 saturated heterocycles. The van der Waals surface area contributed by atoms with Gasteiger partial charge in [0.25, 0.3) is 5.91 Å². The number of hydrogen-bond acceptors (Lipinski definition) is 5. The van der Waals surface area contributed by atoms with Gasteiger partial charge in [-0.3, -0.25) is 4.79 Å². The molecule has 29 heavy (non-hydrogen) atoms. The van der Waals surface area contributed by atoms with Gasteiger partial charge in [-0.2, -0.15) is 4.98 Å². The van der Waals surface area contributed by atoms with Crippen molar-refractivity contribution in [1.82, 2.24) is 9.97 Å². The average Bonchev–Trinajstić information content (AvgIpc) is 2.65. The Morgan fingerprint density at radius 2 is 1.93 bits per heavy atom. The number of nitrogens with zero attached hydrogens (tertiary/aromatic N) is 2. The van der Waals surface area contributed by atoms with E-state index in [0.717, 1.165) is 11.3 Å². The standard InChI is InChI=1S/C21H21BrFN5O/c1-11(2)13-7-8-16(12(3)9-13)27-21-25-10-14(22)20(28-21)26-17-6-4-5-15(23)18(17)19(24)29/h4-11H,1-3H3,(H2,24,29)(H2,25,26,27,28). The summed E-state index contributed by atoms with van der Waals surface area (Å²) in [5, 5.41) is 6.14. The van der Waals surface area contributed by atoms with Crippen molar-refractivity contribution in [2.24, 2.45) is 5.73 Å². The number of hydrogen-bond donors (Lipinski definition) is 3. The lowest BCUT2D eigenvalue weighted by atomic mass is 10.0. The van der Waals surface area contributed by atoms with E-state index in [9.17, 15) is 9.18 Å². The minimum atomic E-state index is -0.866. The molecule has 0 aliphatic carbocycles. The molecule has 3 aromatic rings. The van der Waals surface area contributed by atoms with Crippen LogP contribution in [0.1, 0.15) is 41.3 Å². The van der Waals surface area contributed by atoms with Crippen LogP contribution in [0, 0.1) is 12.7 Å². The number of halogens is 2. The van der Waals surface area contributed by atoms with Gasteiger partial charge in [0, 0.05) is 11.9 Å². The topological polar surface area (TPSA) is 92.9 Å². The molecule has 0 unspecified atom stereocenters. The quantitative estimate of drug-likeness (QED) is 0.460. The summed E-state index contributed by atoms with van der Waals surface area (Å²) >= 11 is 3.37. The van der Waals surface area contributed by atoms with Crippen LogP contribution >= 0.6 is 15.9 Å². The van der Waals surface area contributed by atoms with Crippen molar-refractivity contribution < 1.29 is 9.18 Å². The first-order valence-corrected chi connectivity index (χ1v) is 9.81. The zero-order chi connectivity index (χ0) is 21.1. The second kappa shape index (κ2) is 8.57. The number of nitrogens with two attached hydrogens (primary N) is 1. The van der Waals surface area contributed by atoms with E-state index in [4.69, 9.17) is 5.73 Å². The van der Waals surface area contributed by atoms with Gasteiger partial charge < -0.3 is 16.4 Å². The summed E-state index contributed by atoms with van der Waals surface area (Å²) in [5.74, 6) is -0.407. The third kappa shape index (κ3) is 4.71. The molecule has 2 aromatic carbocycles. The molecule has 1 aromatic heterocycles. The van der Waals surface area contributed by atoms with E-state index < -0.39 is 11.7 Å². The van der Waals surface area contributed by atoms with Gasteiger partial charge >= 0.3 is 0 Å². The first-order valence-electron chi connectivity index (χ1n) is 9.01. The second-order valence-corrected chi connectivity index (χ2v) is 7.75. The Morgan fingerprint density at radius 3 is 2.59 bits per heavy atom. The van der Waals surface area contributed by atoms with Crippen LogP contribution in [-0.2, 0) is 0 Å². The maximum absolute atomic E-state index is 14.0. The van der Waals surface area contributed by atoms with Gasteiger partial charge in [-0.1, -0.05) is 32.0 Å². The minimum absolute atomic E-state index is 0.223. The molecule has 150 valence electrons. The highest BCUT2D eigenvalue weighted by Crippen LogP contribution is 2.29. The molecule has 0 spiro atoms. The van der Waals surface area contributed by atoms with E-state index in [0.29, 0.717) is 22.2 Å². The molecule has 8 heteroatoms. The van der Waals surface area contributed by atoms with Gasteiger partial charge in [-0.25, -0.2) is 9.37 Å². The minimum Gasteiger partial charge on any atom is -0.365 e. The lowest BCUT2D eigenvalue weighted by Gasteiger charge is -2.14. The molecule has 0 saturated carbocycles. The summed E-state index contributed by atoms with van der Waals surface area (Å²) in [6.45, 7) is 6.30. The Balaban J connectivity index is 1.90. The van der Waals surface area contributed by atoms with Crippen LogP contribution in [0.3, 0.4) is 0 Å². The molecular formula is C21H21BrFN5O. The van der Waals surface area contributed by atoms with Gasteiger partial charge in [0.15, 0.2) is 0 Å². The van der Waals surface area contributed by atoms with E-state index in [2.05, 4.69) is 62.5 Å². The highest BCUT2D eigenvalue weighted by Gasteiger charge is 2.16. The summed E-state index contributed by atoms with van der Waals surface area (Å²) in [7, 11) is 0. The van der Waals surface area contributed by atoms with Crippen molar-refractivity contribution in [2.45, 2.75) is 26.7 Å². The number of nitrogens with one attached hydrogen (secondary N) is 2. The molecule has 0 fully saturated rings. The van der Waals surface area contributed by atoms with Gasteiger partial charge in [-0.15, -0.1) is 0 Å². The summed E-state index contributed by atoms with van der Waals surface area (Å²) in [4.78, 5) is 20.3. The molecule has 0 bridgehead atoms. The van der Waals surface area contributed by atoms with E-state index in [-0.39, 0.29) is 11.3 Å². The smallest absolute Gasteiger partial charge is 0.253 e. The number of rotatable bonds is 6. The average molecular weight is 458 g/mol. The van der Waals surface area contributed by atoms with Crippen LogP contribution in [0.15, 0.2) is 47.1 Å². The predicted molar refractivity (Wildman–Crippen MR) is 116 cm³/mol. The number of aromatic nitrogens is 2. The van der Waals surface area contributed by atoms with E-state index in [1.807, 2.05) is 13.0 Å². The molecule has 4 N–H and O–H groups in total. The number of amides is 1. The fourth-order valence-corrected chi connectivity index (χ4v) is 3.12. The highest BCUT2D eigenvalue weighted by atomic mass is 79.9. The maximum Gasteiger partial charge on any atom is 0.253 e. The summed E-state index contributed by atoms with van der Waals surface area (Å²) in [5.41, 5.74) is 8.50. The SMILES string of the molecule is Cc1cc(C(C)C)ccc1Nc1ncc(Br)c(Nc2cccc(F)c2C(N)=O)n1. The van der Waals surface area contributed by atoms with Gasteiger partial charge in [0.2, 0.25) is 5.95 Å². The largest absolute Gasteiger partial charge is 0.365 e. The van der Waals surface area contributed by atoms with Crippen molar-refractivity contribution in [2.75, 3.05) is 10.6 Å². The second-order valence-electron chi connectivity index (χ2n) is 6.90. The van der Waals surface area contributed by atoms with E-state index in [1.54, 1.807) is 12.3 Å². The molecule has 1 amide bonds. The lowest BCUT2D eigenvalue weighted by molar-refractivity contribution is 0.0997. The molecule has 6 nitrogen and oxygen atoms in total. The zero-order valence-electron chi connectivity index (χ0n) is 16.3. The molecular weight excluding hydrogens is 437 g/mol. The summed E-state index contributed by atoms with van der Waals surface area (Å²) < 4.78 is 14.6. The van der Waals surface area contributed by atoms with Gasteiger partial charge in [0.1, 0.15) is 11.6 Å². The van der Waals surface area contributed by atoms with Crippen LogP contribution in [0.4, 0.5) is 27.5 Å². The highest BCUT2D eigenvalue weighted by molar-refractivity contribution is 9.10. The van der Waals surface area contributed by atoms with Crippen molar-refractivity contribution in [3.63, 3.8) is 0 Å². The zero-order valence-corrected chi connectivity index (χ0v) is 17.8. The van der Waals surface area contributed by atoms with Crippen molar-refractivity contribution >= 4 is 45.0 Å². The predicted octanol–water partition coefficient (Wildman–Crippen LogP) is 5.40. The Bertz CT molecular complexity index is 1070. The molecule has 0 radical (unpaired) electrons. The number of carbonyl (C=O) groups is 1. The van der Waals surface area contributed by atoms with Gasteiger partial charge in [-0.05, 0) is 58.1 Å². The van der Waals surface area contributed by atoms with Crippen LogP contribution < -0.4 is 16.4 Å². The van der Waals surface area contributed by atoms with E-state index in [1.165, 1.54) is 17.7 Å². The van der Waals surface area contributed by atoms with Gasteiger partial charge in [0.05, 0.1) is 15.7 Å². The number of aryl methyl sites for hydroxylation is 1. The Labute approximate surface area is 176 Å². The normalized spacial score (nSPS) is 10.8. The lowest BCUT2D eigenvalue weighted by Crippen LogP contribution is -2.16. The monoisotopic (exact) mass is 457 g/mol. The van der Waals surface area contributed by atoms with Crippen molar-refractivity contribution in [3.05, 3.63) is 69.6 Å². The molecule has 1 heterocycles. The van der Waals surface area contributed by atoms with Crippen LogP contribution in [-0.4, -0.2) is 15.9 Å². The number of anilines is 4. The number of benzene rings is 2. The molecule has 3 rings (SSSR count). The summed E-state index contributed by atoms with van der Waals surface area (Å²) in [6, 6.07) is 10.4. The number of carbonyl (C=O) groups excluding carboxylic acids is 1. The van der Waals surface area contributed by atoms with Crippen LogP contribution in [0.25, 0.3) is 0 Å². The first kappa shape index (κ1) is 20.7. The fourth-order valence-electron chi connectivity index (χ4n) is 2.83. The Morgan fingerprint density at radius 1 is 1.17 bits per heavy atom. The Hall–Kier alpha value is -3.00. The van der Waals surface area contributed by atoms with Crippen LogP contribution in [0.2, 0.25) is 0 Å².